The van der Waals surface area contributed by atoms with Gasteiger partial charge < -0.3 is 25.3 Å². The number of hydrogen-bond acceptors (Lipinski definition) is 4. The summed E-state index contributed by atoms with van der Waals surface area (Å²) < 4.78 is 11.0. The van der Waals surface area contributed by atoms with Gasteiger partial charge in [0.05, 0.1) is 18.4 Å². The molecule has 0 saturated heterocycles. The molecule has 4 fully saturated rings. The maximum absolute atomic E-state index is 12.3. The zero-order valence-electron chi connectivity index (χ0n) is 22.7. The van der Waals surface area contributed by atoms with E-state index in [1.807, 2.05) is 0 Å². The Hall–Kier alpha value is -0.460. The van der Waals surface area contributed by atoms with E-state index in [4.69, 9.17) is 9.79 Å². The fraction of sp³-hybridized carbons (Fsp3) is 0.964. The topological polar surface area (TPSA) is 127 Å². The van der Waals surface area contributed by atoms with Crippen LogP contribution in [0.3, 0.4) is 0 Å². The molecule has 4 aliphatic carbocycles. The maximum atomic E-state index is 12.3. The molecule has 1 amide bonds. The zero-order valence-corrected chi connectivity index (χ0v) is 23.6. The number of nitrogens with one attached hydrogen (secondary N) is 1. The highest BCUT2D eigenvalue weighted by molar-refractivity contribution is 7.51. The summed E-state index contributed by atoms with van der Waals surface area (Å²) in [5.41, 5.74) is 0.383. The van der Waals surface area contributed by atoms with Gasteiger partial charge in [-0.2, -0.15) is 0 Å². The molecule has 5 N–H and O–H groups in total. The highest BCUT2D eigenvalue weighted by atomic mass is 31.2. The number of rotatable bonds is 8. The van der Waals surface area contributed by atoms with E-state index in [1.165, 1.54) is 6.42 Å². The van der Waals surface area contributed by atoms with Crippen LogP contribution >= 0.6 is 7.60 Å². The van der Waals surface area contributed by atoms with E-state index in [0.717, 1.165) is 51.4 Å². The first-order chi connectivity index (χ1) is 16.8. The molecule has 0 aromatic rings. The van der Waals surface area contributed by atoms with Gasteiger partial charge in [0.25, 0.3) is 0 Å². The molecule has 4 rings (SSSR count). The standard InChI is InChI=1S/C28H50NO6P/c1-5-19-23-16-18(30)10-12-28(23,4)22-11-13-27(3)20(7-8-21(27)25(22)26(19)32)17(2)6-9-24(31)29-14-15-36(33,34)35/h17-23,25-26,30,32H,5-16H2,1-4H3,(H,29,31)(H2,33,34,35)/t17?,18-,19-,20?,21?,22?,23+,25?,26-,27-,28-/m1/s1. The van der Waals surface area contributed by atoms with Gasteiger partial charge in [-0.1, -0.05) is 34.1 Å². The van der Waals surface area contributed by atoms with Gasteiger partial charge in [0.15, 0.2) is 0 Å². The summed E-state index contributed by atoms with van der Waals surface area (Å²) in [6.07, 6.45) is 8.73. The number of carbonyl (C=O) groups excluding carboxylic acids is 1. The van der Waals surface area contributed by atoms with Gasteiger partial charge in [-0.25, -0.2) is 0 Å². The summed E-state index contributed by atoms with van der Waals surface area (Å²) in [6.45, 7) is 9.41. The first-order valence-electron chi connectivity index (χ1n) is 14.5. The molecule has 8 heteroatoms. The van der Waals surface area contributed by atoms with Gasteiger partial charge in [0, 0.05) is 13.0 Å². The quantitative estimate of drug-likeness (QED) is 0.299. The molecular weight excluding hydrogens is 477 g/mol. The predicted molar refractivity (Wildman–Crippen MR) is 140 cm³/mol. The van der Waals surface area contributed by atoms with E-state index >= 15 is 0 Å². The molecule has 5 unspecified atom stereocenters. The van der Waals surface area contributed by atoms with Crippen molar-refractivity contribution in [2.24, 2.45) is 52.3 Å². The highest BCUT2D eigenvalue weighted by Gasteiger charge is 2.64. The van der Waals surface area contributed by atoms with Gasteiger partial charge in [-0.3, -0.25) is 9.36 Å². The molecule has 4 saturated carbocycles. The average molecular weight is 528 g/mol. The molecule has 4 aliphatic rings. The third-order valence-corrected chi connectivity index (χ3v) is 12.5. The number of amides is 1. The van der Waals surface area contributed by atoms with Crippen molar-refractivity contribution in [3.63, 3.8) is 0 Å². The molecule has 0 aliphatic heterocycles. The molecule has 208 valence electrons. The Kier molecular flexibility index (Phi) is 8.41. The van der Waals surface area contributed by atoms with Crippen molar-refractivity contribution in [2.75, 3.05) is 12.7 Å². The number of hydrogen-bond donors (Lipinski definition) is 5. The highest BCUT2D eigenvalue weighted by Crippen LogP contribution is 2.69. The van der Waals surface area contributed by atoms with Gasteiger partial charge in [-0.15, -0.1) is 0 Å². The Bertz CT molecular complexity index is 848. The monoisotopic (exact) mass is 527 g/mol. The van der Waals surface area contributed by atoms with Crippen molar-refractivity contribution in [2.45, 2.75) is 104 Å². The summed E-state index contributed by atoms with van der Waals surface area (Å²) >= 11 is 0. The van der Waals surface area contributed by atoms with E-state index in [1.54, 1.807) is 0 Å². The van der Waals surface area contributed by atoms with Crippen molar-refractivity contribution in [3.8, 4) is 0 Å². The number of aliphatic hydroxyl groups excluding tert-OH is 2. The molecule has 0 spiro atoms. The number of fused-ring (bicyclic) bond motifs is 5. The normalized spacial score (nSPS) is 45.3. The van der Waals surface area contributed by atoms with Gasteiger partial charge in [0.1, 0.15) is 0 Å². The Morgan fingerprint density at radius 2 is 1.69 bits per heavy atom. The minimum atomic E-state index is -4.09. The smallest absolute Gasteiger partial charge is 0.327 e. The van der Waals surface area contributed by atoms with Crippen molar-refractivity contribution >= 4 is 13.5 Å². The second kappa shape index (κ2) is 10.6. The lowest BCUT2D eigenvalue weighted by Gasteiger charge is -2.64. The molecule has 0 heterocycles. The largest absolute Gasteiger partial charge is 0.393 e. The fourth-order valence-electron chi connectivity index (χ4n) is 9.92. The molecule has 36 heavy (non-hydrogen) atoms. The Morgan fingerprint density at radius 3 is 2.36 bits per heavy atom. The second-order valence-corrected chi connectivity index (χ2v) is 15.2. The minimum absolute atomic E-state index is 0.0110. The third-order valence-electron chi connectivity index (χ3n) is 11.7. The molecule has 0 aromatic heterocycles. The van der Waals surface area contributed by atoms with Crippen LogP contribution in [0.1, 0.15) is 91.9 Å². The first-order valence-corrected chi connectivity index (χ1v) is 16.3. The lowest BCUT2D eigenvalue weighted by atomic mass is 9.41. The first kappa shape index (κ1) is 28.5. The van der Waals surface area contributed by atoms with E-state index in [-0.39, 0.29) is 47.6 Å². The van der Waals surface area contributed by atoms with Gasteiger partial charge >= 0.3 is 7.60 Å². The van der Waals surface area contributed by atoms with Crippen LogP contribution in [-0.4, -0.2) is 50.8 Å². The Morgan fingerprint density at radius 1 is 1.03 bits per heavy atom. The van der Waals surface area contributed by atoms with E-state index < -0.39 is 7.60 Å². The molecule has 11 atom stereocenters. The van der Waals surface area contributed by atoms with Crippen LogP contribution in [0.15, 0.2) is 0 Å². The molecule has 0 aromatic carbocycles. The van der Waals surface area contributed by atoms with Crippen LogP contribution in [0.25, 0.3) is 0 Å². The van der Waals surface area contributed by atoms with Crippen LogP contribution in [-0.2, 0) is 9.36 Å². The van der Waals surface area contributed by atoms with E-state index in [9.17, 15) is 19.6 Å². The minimum Gasteiger partial charge on any atom is -0.393 e. The van der Waals surface area contributed by atoms with Crippen LogP contribution in [0.5, 0.6) is 0 Å². The summed E-state index contributed by atoms with van der Waals surface area (Å²) in [4.78, 5) is 30.3. The van der Waals surface area contributed by atoms with E-state index in [2.05, 4.69) is 33.0 Å². The van der Waals surface area contributed by atoms with Crippen LogP contribution in [0, 0.1) is 52.3 Å². The zero-order chi connectivity index (χ0) is 26.5. The summed E-state index contributed by atoms with van der Waals surface area (Å²) in [5, 5.41) is 24.9. The van der Waals surface area contributed by atoms with Crippen LogP contribution in [0.2, 0.25) is 0 Å². The fourth-order valence-corrected chi connectivity index (χ4v) is 10.3. The number of aliphatic hydroxyl groups is 2. The SMILES string of the molecule is CC[C@H]1[C@@H](O)C2C3CCC(C(C)CCC(=O)NCCP(=O)(O)O)[C@@]3(C)CCC2[C@@]2(C)CC[C@@H](O)C[C@@H]12. The maximum Gasteiger partial charge on any atom is 0.327 e. The third kappa shape index (κ3) is 5.21. The van der Waals surface area contributed by atoms with Gasteiger partial charge in [-0.05, 0) is 104 Å². The van der Waals surface area contributed by atoms with Crippen molar-refractivity contribution in [3.05, 3.63) is 0 Å². The van der Waals surface area contributed by atoms with Crippen molar-refractivity contribution in [1.29, 1.82) is 0 Å². The number of carbonyl (C=O) groups is 1. The molecule has 0 radical (unpaired) electrons. The summed E-state index contributed by atoms with van der Waals surface area (Å²) in [5.74, 6) is 2.82. The predicted octanol–water partition coefficient (Wildman–Crippen LogP) is 4.32. The van der Waals surface area contributed by atoms with Crippen LogP contribution < -0.4 is 5.32 Å². The lowest BCUT2D eigenvalue weighted by Crippen LogP contribution is -2.62. The van der Waals surface area contributed by atoms with Gasteiger partial charge in [0.2, 0.25) is 5.91 Å². The average Bonchev–Trinajstić information content (AvgIpc) is 3.15. The Labute approximate surface area is 217 Å². The molecule has 0 bridgehead atoms. The van der Waals surface area contributed by atoms with Crippen molar-refractivity contribution in [1.82, 2.24) is 5.32 Å². The van der Waals surface area contributed by atoms with Crippen molar-refractivity contribution < 1.29 is 29.4 Å². The second-order valence-electron chi connectivity index (χ2n) is 13.4. The molecular formula is C28H50NO6P. The Balaban J connectivity index is 1.44. The lowest BCUT2D eigenvalue weighted by molar-refractivity contribution is -0.203. The van der Waals surface area contributed by atoms with Crippen LogP contribution in [0.4, 0.5) is 0 Å². The summed E-state index contributed by atoms with van der Waals surface area (Å²) in [7, 11) is -4.09. The molecule has 7 nitrogen and oxygen atoms in total. The van der Waals surface area contributed by atoms with E-state index in [0.29, 0.717) is 41.9 Å². The summed E-state index contributed by atoms with van der Waals surface area (Å²) in [6, 6.07) is 0.